The highest BCUT2D eigenvalue weighted by Gasteiger charge is 2.28. The molecule has 2 aliphatic heterocycles. The molecule has 0 radical (unpaired) electrons. The second-order valence-electron chi connectivity index (χ2n) is 8.16. The number of oxazole rings is 1. The first-order chi connectivity index (χ1) is 15.2. The highest BCUT2D eigenvalue weighted by atomic mass is 16.5. The summed E-state index contributed by atoms with van der Waals surface area (Å²) in [7, 11) is 0. The molecular weight excluding hydrogens is 394 g/mol. The van der Waals surface area contributed by atoms with E-state index in [1.54, 1.807) is 24.3 Å². The summed E-state index contributed by atoms with van der Waals surface area (Å²) in [6.45, 7) is 1.92. The Labute approximate surface area is 180 Å². The maximum atomic E-state index is 13.0. The first-order valence-electron chi connectivity index (χ1n) is 10.8. The van der Waals surface area contributed by atoms with Crippen molar-refractivity contribution in [3.63, 3.8) is 0 Å². The van der Waals surface area contributed by atoms with Crippen molar-refractivity contribution in [1.29, 1.82) is 0 Å². The van der Waals surface area contributed by atoms with Crippen molar-refractivity contribution in [3.8, 4) is 0 Å². The number of fused-ring (bicyclic) bond motifs is 1. The van der Waals surface area contributed by atoms with E-state index in [1.165, 1.54) is 0 Å². The smallest absolute Gasteiger partial charge is 0.253 e. The third-order valence-corrected chi connectivity index (χ3v) is 6.04. The molecule has 1 aromatic heterocycles. The number of ether oxygens (including phenoxy) is 1. The summed E-state index contributed by atoms with van der Waals surface area (Å²) in [6.07, 6.45) is 2.86. The van der Waals surface area contributed by atoms with Gasteiger partial charge >= 0.3 is 0 Å². The molecule has 1 atom stereocenters. The standard InChI is InChI=1S/C24H25N3O4/c28-22(21-9-4-14-30-21)25-18-6-3-5-17(15-18)24(29)27-12-10-16(11-13-27)23-26-19-7-1-2-8-20(19)31-23/h1-3,5-8,15-16,21H,4,9-14H2,(H,25,28). The molecule has 1 N–H and O–H groups in total. The van der Waals surface area contributed by atoms with Crippen molar-refractivity contribution in [1.82, 2.24) is 9.88 Å². The number of hydrogen-bond donors (Lipinski definition) is 1. The third kappa shape index (κ3) is 4.18. The molecule has 7 heteroatoms. The molecule has 2 aromatic carbocycles. The van der Waals surface area contributed by atoms with Gasteiger partial charge in [0.05, 0.1) is 0 Å². The SMILES string of the molecule is O=C(Nc1cccc(C(=O)N2CCC(c3nc4ccccc4o3)CC2)c1)C1CCCO1. The Morgan fingerprint density at radius 3 is 2.65 bits per heavy atom. The van der Waals surface area contributed by atoms with Crippen molar-refractivity contribution < 1.29 is 18.7 Å². The molecule has 1 unspecified atom stereocenters. The molecule has 7 nitrogen and oxygen atoms in total. The lowest BCUT2D eigenvalue weighted by Gasteiger charge is -2.30. The first-order valence-corrected chi connectivity index (χ1v) is 10.8. The number of likely N-dealkylation sites (tertiary alicyclic amines) is 1. The number of anilines is 1. The van der Waals surface area contributed by atoms with Gasteiger partial charge in [-0.3, -0.25) is 9.59 Å². The Morgan fingerprint density at radius 1 is 1.03 bits per heavy atom. The van der Waals surface area contributed by atoms with Gasteiger partial charge in [-0.15, -0.1) is 0 Å². The summed E-state index contributed by atoms with van der Waals surface area (Å²) in [5, 5.41) is 2.87. The Hall–Kier alpha value is -3.19. The lowest BCUT2D eigenvalue weighted by molar-refractivity contribution is -0.124. The van der Waals surface area contributed by atoms with E-state index in [4.69, 9.17) is 9.15 Å². The van der Waals surface area contributed by atoms with Gasteiger partial charge in [0.1, 0.15) is 11.6 Å². The van der Waals surface area contributed by atoms with Gasteiger partial charge in [0, 0.05) is 36.9 Å². The number of aromatic nitrogens is 1. The molecule has 160 valence electrons. The van der Waals surface area contributed by atoms with Crippen LogP contribution in [-0.4, -0.2) is 47.5 Å². The number of para-hydroxylation sites is 2. The van der Waals surface area contributed by atoms with E-state index in [9.17, 15) is 9.59 Å². The number of rotatable bonds is 4. The Bertz CT molecular complexity index is 1060. The normalized spacial score (nSPS) is 19.6. The second-order valence-corrected chi connectivity index (χ2v) is 8.16. The quantitative estimate of drug-likeness (QED) is 0.692. The molecule has 2 aliphatic rings. The molecule has 0 bridgehead atoms. The number of nitrogens with one attached hydrogen (secondary N) is 1. The number of benzene rings is 2. The zero-order valence-corrected chi connectivity index (χ0v) is 17.3. The lowest BCUT2D eigenvalue weighted by Crippen LogP contribution is -2.38. The average Bonchev–Trinajstić information content (AvgIpc) is 3.49. The van der Waals surface area contributed by atoms with Gasteiger partial charge in [-0.05, 0) is 56.0 Å². The van der Waals surface area contributed by atoms with Gasteiger partial charge in [0.25, 0.3) is 11.8 Å². The van der Waals surface area contributed by atoms with Crippen molar-refractivity contribution in [2.24, 2.45) is 0 Å². The fourth-order valence-corrected chi connectivity index (χ4v) is 4.31. The van der Waals surface area contributed by atoms with E-state index < -0.39 is 6.10 Å². The molecule has 2 saturated heterocycles. The van der Waals surface area contributed by atoms with Crippen LogP contribution in [0.5, 0.6) is 0 Å². The van der Waals surface area contributed by atoms with Gasteiger partial charge in [-0.1, -0.05) is 18.2 Å². The molecule has 0 aliphatic carbocycles. The molecule has 5 rings (SSSR count). The van der Waals surface area contributed by atoms with Crippen molar-refractivity contribution in [2.45, 2.75) is 37.7 Å². The molecule has 3 heterocycles. The lowest BCUT2D eigenvalue weighted by atomic mass is 9.96. The average molecular weight is 419 g/mol. The van der Waals surface area contributed by atoms with Crippen LogP contribution in [0.1, 0.15) is 47.8 Å². The third-order valence-electron chi connectivity index (χ3n) is 6.04. The van der Waals surface area contributed by atoms with Crippen molar-refractivity contribution in [3.05, 3.63) is 60.0 Å². The van der Waals surface area contributed by atoms with E-state index in [0.29, 0.717) is 30.9 Å². The fraction of sp³-hybridized carbons (Fsp3) is 0.375. The summed E-state index contributed by atoms with van der Waals surface area (Å²) in [5.41, 5.74) is 2.87. The number of hydrogen-bond acceptors (Lipinski definition) is 5. The topological polar surface area (TPSA) is 84.7 Å². The van der Waals surface area contributed by atoms with Crippen LogP contribution in [-0.2, 0) is 9.53 Å². The summed E-state index contributed by atoms with van der Waals surface area (Å²) in [5.74, 6) is 0.797. The van der Waals surface area contributed by atoms with Crippen LogP contribution in [0, 0.1) is 0 Å². The fourth-order valence-electron chi connectivity index (χ4n) is 4.31. The Morgan fingerprint density at radius 2 is 1.87 bits per heavy atom. The van der Waals surface area contributed by atoms with Crippen LogP contribution < -0.4 is 5.32 Å². The van der Waals surface area contributed by atoms with E-state index >= 15 is 0 Å². The largest absolute Gasteiger partial charge is 0.440 e. The maximum absolute atomic E-state index is 13.0. The predicted molar refractivity (Wildman–Crippen MR) is 116 cm³/mol. The van der Waals surface area contributed by atoms with E-state index in [0.717, 1.165) is 42.7 Å². The monoisotopic (exact) mass is 419 g/mol. The number of carbonyl (C=O) groups is 2. The molecular formula is C24H25N3O4. The van der Waals surface area contributed by atoms with Crippen molar-refractivity contribution >= 4 is 28.6 Å². The number of carbonyl (C=O) groups excluding carboxylic acids is 2. The number of amides is 2. The number of nitrogens with zero attached hydrogens (tertiary/aromatic N) is 2. The van der Waals surface area contributed by atoms with E-state index in [1.807, 2.05) is 29.2 Å². The zero-order chi connectivity index (χ0) is 21.2. The van der Waals surface area contributed by atoms with Gasteiger partial charge in [-0.2, -0.15) is 0 Å². The minimum absolute atomic E-state index is 0.0239. The van der Waals surface area contributed by atoms with E-state index in [-0.39, 0.29) is 17.7 Å². The van der Waals surface area contributed by atoms with Crippen LogP contribution in [0.15, 0.2) is 52.9 Å². The van der Waals surface area contributed by atoms with Crippen LogP contribution in [0.25, 0.3) is 11.1 Å². The summed E-state index contributed by atoms with van der Waals surface area (Å²) >= 11 is 0. The zero-order valence-electron chi connectivity index (χ0n) is 17.3. The predicted octanol–water partition coefficient (Wildman–Crippen LogP) is 3.97. The van der Waals surface area contributed by atoms with E-state index in [2.05, 4.69) is 10.3 Å². The molecule has 0 spiro atoms. The molecule has 31 heavy (non-hydrogen) atoms. The van der Waals surface area contributed by atoms with Crippen LogP contribution in [0.2, 0.25) is 0 Å². The summed E-state index contributed by atoms with van der Waals surface area (Å²) in [6, 6.07) is 14.9. The Kier molecular flexibility index (Phi) is 5.42. The number of piperidine rings is 1. The Balaban J connectivity index is 1.21. The minimum Gasteiger partial charge on any atom is -0.440 e. The van der Waals surface area contributed by atoms with Gasteiger partial charge in [0.2, 0.25) is 0 Å². The van der Waals surface area contributed by atoms with Crippen molar-refractivity contribution in [2.75, 3.05) is 25.0 Å². The second kappa shape index (κ2) is 8.51. The highest BCUT2D eigenvalue weighted by molar-refractivity contribution is 5.98. The van der Waals surface area contributed by atoms with Gasteiger partial charge < -0.3 is 19.4 Å². The van der Waals surface area contributed by atoms with Gasteiger partial charge in [0.15, 0.2) is 11.5 Å². The summed E-state index contributed by atoms with van der Waals surface area (Å²) < 4.78 is 11.3. The van der Waals surface area contributed by atoms with Crippen LogP contribution in [0.4, 0.5) is 5.69 Å². The first kappa shape index (κ1) is 19.8. The van der Waals surface area contributed by atoms with Gasteiger partial charge in [-0.25, -0.2) is 4.98 Å². The summed E-state index contributed by atoms with van der Waals surface area (Å²) in [4.78, 5) is 31.8. The molecule has 2 fully saturated rings. The highest BCUT2D eigenvalue weighted by Crippen LogP contribution is 2.30. The maximum Gasteiger partial charge on any atom is 0.253 e. The molecule has 2 amide bonds. The molecule has 0 saturated carbocycles. The van der Waals surface area contributed by atoms with Crippen LogP contribution >= 0.6 is 0 Å². The minimum atomic E-state index is -0.398. The molecule has 3 aromatic rings. The van der Waals surface area contributed by atoms with Crippen LogP contribution in [0.3, 0.4) is 0 Å².